The molecule has 1 aromatic carbocycles. The van der Waals surface area contributed by atoms with Crippen LogP contribution in [-0.4, -0.2) is 35.5 Å². The predicted molar refractivity (Wildman–Crippen MR) is 101 cm³/mol. The Morgan fingerprint density at radius 2 is 2.08 bits per heavy atom. The number of benzene rings is 1. The van der Waals surface area contributed by atoms with Gasteiger partial charge in [-0.15, -0.1) is 11.3 Å². The van der Waals surface area contributed by atoms with Gasteiger partial charge in [-0.25, -0.2) is 0 Å². The topological polar surface area (TPSA) is 87.5 Å². The predicted octanol–water partition coefficient (Wildman–Crippen LogP) is 2.84. The van der Waals surface area contributed by atoms with Crippen LogP contribution < -0.4 is 10.6 Å². The molecule has 0 aliphatic carbocycles. The van der Waals surface area contributed by atoms with Crippen molar-refractivity contribution in [3.63, 3.8) is 0 Å². The fourth-order valence-electron chi connectivity index (χ4n) is 3.27. The number of nitro benzene ring substituents is 1. The molecule has 2 aliphatic heterocycles. The number of hydrogen-bond donors (Lipinski definition) is 2. The van der Waals surface area contributed by atoms with Gasteiger partial charge < -0.3 is 15.5 Å². The first-order valence-corrected chi connectivity index (χ1v) is 9.16. The third kappa shape index (κ3) is 3.09. The molecule has 4 rings (SSSR count). The molecule has 134 valence electrons. The Hall–Kier alpha value is -2.71. The van der Waals surface area contributed by atoms with Gasteiger partial charge in [0.05, 0.1) is 10.5 Å². The van der Waals surface area contributed by atoms with Gasteiger partial charge in [0.1, 0.15) is 11.2 Å². The van der Waals surface area contributed by atoms with Crippen molar-refractivity contribution >= 4 is 34.0 Å². The highest BCUT2D eigenvalue weighted by molar-refractivity contribution is 7.16. The minimum atomic E-state index is -0.423. The van der Waals surface area contributed by atoms with Gasteiger partial charge in [-0.3, -0.25) is 14.9 Å². The van der Waals surface area contributed by atoms with Crippen molar-refractivity contribution in [2.75, 3.05) is 18.9 Å². The van der Waals surface area contributed by atoms with Crippen LogP contribution in [-0.2, 0) is 13.0 Å². The number of carbonyl (C=O) groups excluding carboxylic acids is 1. The maximum atomic E-state index is 12.6. The van der Waals surface area contributed by atoms with E-state index >= 15 is 0 Å². The van der Waals surface area contributed by atoms with E-state index in [9.17, 15) is 14.9 Å². The van der Waals surface area contributed by atoms with Gasteiger partial charge >= 0.3 is 0 Å². The molecule has 1 atom stereocenters. The van der Waals surface area contributed by atoms with E-state index in [1.54, 1.807) is 23.5 Å². The average Bonchev–Trinajstić information content (AvgIpc) is 2.98. The van der Waals surface area contributed by atoms with Crippen molar-refractivity contribution in [3.05, 3.63) is 62.0 Å². The van der Waals surface area contributed by atoms with E-state index in [0.717, 1.165) is 35.6 Å². The Morgan fingerprint density at radius 1 is 1.31 bits per heavy atom. The fourth-order valence-corrected chi connectivity index (χ4v) is 4.64. The molecule has 3 heterocycles. The molecular formula is C18H18N4O3S. The summed E-state index contributed by atoms with van der Waals surface area (Å²) in [5.41, 5.74) is 2.86. The van der Waals surface area contributed by atoms with E-state index in [1.165, 1.54) is 22.6 Å². The Bertz CT molecular complexity index is 904. The number of hydrogen-bond acceptors (Lipinski definition) is 6. The number of amides is 1. The molecule has 0 radical (unpaired) electrons. The second-order valence-electron chi connectivity index (χ2n) is 6.50. The molecule has 7 nitrogen and oxygen atoms in total. The number of likely N-dealkylation sites (N-methyl/N-ethyl adjacent to an activating group) is 1. The minimum absolute atomic E-state index is 0.0425. The molecule has 0 saturated heterocycles. The zero-order chi connectivity index (χ0) is 18.3. The first kappa shape index (κ1) is 16.7. The Kier molecular flexibility index (Phi) is 4.21. The standard InChI is InChI=1S/C18H18N4O3S/c1-21-9-8-13-14(10-21)26-18-16(13)17(23)19-15(20-18)7-4-11-2-5-12(6-3-11)22(24)25/h2-7,15,20H,8-10H2,1H3,(H,19,23)/b7-4+. The van der Waals surface area contributed by atoms with Crippen LogP contribution in [0, 0.1) is 10.1 Å². The maximum absolute atomic E-state index is 12.6. The fraction of sp³-hybridized carbons (Fsp3) is 0.278. The van der Waals surface area contributed by atoms with Gasteiger partial charge in [0.2, 0.25) is 0 Å². The summed E-state index contributed by atoms with van der Waals surface area (Å²) in [6.45, 7) is 1.85. The van der Waals surface area contributed by atoms with Crippen LogP contribution in [0.15, 0.2) is 30.3 Å². The van der Waals surface area contributed by atoms with Gasteiger partial charge in [0, 0.05) is 30.1 Å². The molecule has 26 heavy (non-hydrogen) atoms. The summed E-state index contributed by atoms with van der Waals surface area (Å²) >= 11 is 1.65. The van der Waals surface area contributed by atoms with Crippen molar-refractivity contribution in [1.29, 1.82) is 0 Å². The first-order chi connectivity index (χ1) is 12.5. The van der Waals surface area contributed by atoms with Crippen LogP contribution >= 0.6 is 11.3 Å². The largest absolute Gasteiger partial charge is 0.353 e. The van der Waals surface area contributed by atoms with Crippen LogP contribution in [0.3, 0.4) is 0 Å². The van der Waals surface area contributed by atoms with Crippen LogP contribution in [0.25, 0.3) is 6.08 Å². The summed E-state index contributed by atoms with van der Waals surface area (Å²) in [6.07, 6.45) is 4.29. The average molecular weight is 370 g/mol. The van der Waals surface area contributed by atoms with E-state index < -0.39 is 4.92 Å². The second-order valence-corrected chi connectivity index (χ2v) is 7.60. The first-order valence-electron chi connectivity index (χ1n) is 8.34. The minimum Gasteiger partial charge on any atom is -0.353 e. The number of non-ortho nitro benzene ring substituents is 1. The van der Waals surface area contributed by atoms with Crippen molar-refractivity contribution in [2.45, 2.75) is 19.1 Å². The molecule has 1 unspecified atom stereocenters. The summed E-state index contributed by atoms with van der Waals surface area (Å²) in [6, 6.07) is 6.30. The summed E-state index contributed by atoms with van der Waals surface area (Å²) in [5.74, 6) is -0.0425. The smallest absolute Gasteiger partial charge is 0.269 e. The number of anilines is 1. The zero-order valence-corrected chi connectivity index (χ0v) is 15.0. The number of nitro groups is 1. The van der Waals surface area contributed by atoms with Crippen LogP contribution in [0.4, 0.5) is 10.7 Å². The summed E-state index contributed by atoms with van der Waals surface area (Å²) in [5, 5.41) is 18.0. The second kappa shape index (κ2) is 6.54. The van der Waals surface area contributed by atoms with E-state index in [0.29, 0.717) is 0 Å². The number of nitrogens with zero attached hydrogens (tertiary/aromatic N) is 2. The van der Waals surface area contributed by atoms with Gasteiger partial charge in [-0.1, -0.05) is 6.08 Å². The third-order valence-corrected chi connectivity index (χ3v) is 5.78. The number of carbonyl (C=O) groups is 1. The van der Waals surface area contributed by atoms with Crippen LogP contribution in [0.2, 0.25) is 0 Å². The van der Waals surface area contributed by atoms with Gasteiger partial charge in [0.15, 0.2) is 0 Å². The molecule has 1 aromatic heterocycles. The lowest BCUT2D eigenvalue weighted by molar-refractivity contribution is -0.384. The monoisotopic (exact) mass is 370 g/mol. The van der Waals surface area contributed by atoms with Crippen molar-refractivity contribution < 1.29 is 9.72 Å². The molecule has 0 bridgehead atoms. The summed E-state index contributed by atoms with van der Waals surface area (Å²) in [4.78, 5) is 26.4. The number of fused-ring (bicyclic) bond motifs is 3. The van der Waals surface area contributed by atoms with E-state index in [1.807, 2.05) is 12.2 Å². The summed E-state index contributed by atoms with van der Waals surface area (Å²) in [7, 11) is 2.09. The Morgan fingerprint density at radius 3 is 2.81 bits per heavy atom. The number of nitrogens with one attached hydrogen (secondary N) is 2. The number of thiophene rings is 1. The summed E-state index contributed by atoms with van der Waals surface area (Å²) < 4.78 is 0. The maximum Gasteiger partial charge on any atom is 0.269 e. The van der Waals surface area contributed by atoms with E-state index in [2.05, 4.69) is 22.6 Å². The lowest BCUT2D eigenvalue weighted by Crippen LogP contribution is -2.43. The van der Waals surface area contributed by atoms with Gasteiger partial charge in [0.25, 0.3) is 11.6 Å². The molecular weight excluding hydrogens is 352 g/mol. The molecule has 2 aromatic rings. The number of rotatable bonds is 3. The van der Waals surface area contributed by atoms with Crippen molar-refractivity contribution in [3.8, 4) is 0 Å². The molecule has 2 aliphatic rings. The molecule has 8 heteroatoms. The van der Waals surface area contributed by atoms with Crippen molar-refractivity contribution in [2.24, 2.45) is 0 Å². The zero-order valence-electron chi connectivity index (χ0n) is 14.2. The van der Waals surface area contributed by atoms with Gasteiger partial charge in [-0.05, 0) is 42.8 Å². The van der Waals surface area contributed by atoms with Crippen molar-refractivity contribution in [1.82, 2.24) is 10.2 Å². The highest BCUT2D eigenvalue weighted by Gasteiger charge is 2.31. The van der Waals surface area contributed by atoms with Crippen LogP contribution in [0.1, 0.15) is 26.4 Å². The SMILES string of the molecule is CN1CCc2c(sc3c2C(=O)NC(/C=C/c2ccc([N+](=O)[O-])cc2)N3)C1. The molecule has 0 spiro atoms. The highest BCUT2D eigenvalue weighted by Crippen LogP contribution is 2.38. The van der Waals surface area contributed by atoms with E-state index in [-0.39, 0.29) is 17.8 Å². The molecule has 0 fully saturated rings. The van der Waals surface area contributed by atoms with Crippen LogP contribution in [0.5, 0.6) is 0 Å². The molecule has 2 N–H and O–H groups in total. The Labute approximate surface area is 154 Å². The molecule has 0 saturated carbocycles. The Balaban J connectivity index is 1.52. The molecule has 1 amide bonds. The quantitative estimate of drug-likeness (QED) is 0.641. The highest BCUT2D eigenvalue weighted by atomic mass is 32.1. The normalized spacial score (nSPS) is 19.6. The van der Waals surface area contributed by atoms with E-state index in [4.69, 9.17) is 0 Å². The lowest BCUT2D eigenvalue weighted by Gasteiger charge is -2.25. The lowest BCUT2D eigenvalue weighted by atomic mass is 10.0. The third-order valence-electron chi connectivity index (χ3n) is 4.63. The van der Waals surface area contributed by atoms with Gasteiger partial charge in [-0.2, -0.15) is 0 Å².